The summed E-state index contributed by atoms with van der Waals surface area (Å²) in [6.07, 6.45) is 0. The van der Waals surface area contributed by atoms with E-state index in [1.54, 1.807) is 18.2 Å². The van der Waals surface area contributed by atoms with Gasteiger partial charge < -0.3 is 10.1 Å². The number of benzene rings is 1. The Hall–Kier alpha value is -2.65. The summed E-state index contributed by atoms with van der Waals surface area (Å²) in [6.45, 7) is 3.57. The third-order valence-corrected chi connectivity index (χ3v) is 4.27. The minimum atomic E-state index is -0.232. The molecule has 1 saturated heterocycles. The van der Waals surface area contributed by atoms with E-state index < -0.39 is 0 Å². The lowest BCUT2D eigenvalue weighted by Gasteiger charge is -2.35. The Balaban J connectivity index is 1.54. The van der Waals surface area contributed by atoms with Crippen LogP contribution in [0, 0.1) is 5.82 Å². The maximum absolute atomic E-state index is 13.7. The number of morpholine rings is 1. The van der Waals surface area contributed by atoms with Gasteiger partial charge in [-0.3, -0.25) is 4.90 Å². The molecule has 1 atom stereocenters. The predicted octanol–water partition coefficient (Wildman–Crippen LogP) is 1.14. The van der Waals surface area contributed by atoms with Gasteiger partial charge in [-0.05, 0) is 40.3 Å². The molecule has 0 amide bonds. The number of rotatable bonds is 5. The Morgan fingerprint density at radius 1 is 1.20 bits per heavy atom. The summed E-state index contributed by atoms with van der Waals surface area (Å²) in [6, 6.07) is 10.4. The van der Waals surface area contributed by atoms with Crippen LogP contribution in [0.15, 0.2) is 36.4 Å². The van der Waals surface area contributed by atoms with Gasteiger partial charge in [-0.25, -0.2) is 4.39 Å². The molecule has 8 nitrogen and oxygen atoms in total. The maximum Gasteiger partial charge on any atom is 0.200 e. The number of hydrogen-bond acceptors (Lipinski definition) is 7. The van der Waals surface area contributed by atoms with Crippen molar-refractivity contribution in [2.24, 2.45) is 0 Å². The van der Waals surface area contributed by atoms with Crippen LogP contribution in [-0.2, 0) is 4.74 Å². The Labute approximate surface area is 143 Å². The summed E-state index contributed by atoms with van der Waals surface area (Å²) in [5, 5.41) is 18.8. The zero-order valence-corrected chi connectivity index (χ0v) is 13.5. The van der Waals surface area contributed by atoms with E-state index in [0.29, 0.717) is 31.2 Å². The molecule has 1 aliphatic rings. The van der Waals surface area contributed by atoms with E-state index in [4.69, 9.17) is 4.74 Å². The zero-order valence-electron chi connectivity index (χ0n) is 13.5. The quantitative estimate of drug-likeness (QED) is 0.744. The minimum absolute atomic E-state index is 0.0194. The lowest BCUT2D eigenvalue weighted by molar-refractivity contribution is 0.0186. The van der Waals surface area contributed by atoms with E-state index in [-0.39, 0.29) is 11.9 Å². The number of nitrogens with zero attached hydrogens (tertiary/aromatic N) is 6. The van der Waals surface area contributed by atoms with E-state index >= 15 is 0 Å². The van der Waals surface area contributed by atoms with Gasteiger partial charge in [0.25, 0.3) is 0 Å². The minimum Gasteiger partial charge on any atom is -0.379 e. The average Bonchev–Trinajstić information content (AvgIpc) is 3.11. The fourth-order valence-corrected chi connectivity index (χ4v) is 3.01. The first-order valence-electron chi connectivity index (χ1n) is 8.16. The van der Waals surface area contributed by atoms with E-state index in [9.17, 15) is 4.39 Å². The number of nitrogens with one attached hydrogen (secondary N) is 1. The summed E-state index contributed by atoms with van der Waals surface area (Å²) in [4.78, 5) is 2.29. The number of halogens is 1. The topological polar surface area (TPSA) is 80.5 Å². The van der Waals surface area contributed by atoms with Crippen molar-refractivity contribution >= 4 is 11.5 Å². The van der Waals surface area contributed by atoms with Crippen molar-refractivity contribution in [3.8, 4) is 0 Å². The van der Waals surface area contributed by atoms with Crippen molar-refractivity contribution in [1.29, 1.82) is 0 Å². The molecule has 0 saturated carbocycles. The lowest BCUT2D eigenvalue weighted by atomic mass is 10.0. The normalized spacial score (nSPS) is 16.8. The molecule has 1 aromatic carbocycles. The molecule has 9 heteroatoms. The zero-order chi connectivity index (χ0) is 17.1. The van der Waals surface area contributed by atoms with Crippen LogP contribution >= 0.6 is 0 Å². The third kappa shape index (κ3) is 3.57. The first-order valence-corrected chi connectivity index (χ1v) is 8.16. The Bertz CT molecular complexity index is 849. The van der Waals surface area contributed by atoms with Crippen LogP contribution in [0.25, 0.3) is 5.65 Å². The highest BCUT2D eigenvalue weighted by molar-refractivity contribution is 5.42. The molecule has 0 radical (unpaired) electrons. The molecular weight excluding hydrogens is 325 g/mol. The molecule has 3 heterocycles. The van der Waals surface area contributed by atoms with Crippen LogP contribution in [0.3, 0.4) is 0 Å². The second-order valence-corrected chi connectivity index (χ2v) is 5.85. The molecule has 130 valence electrons. The highest BCUT2D eigenvalue weighted by atomic mass is 19.1. The van der Waals surface area contributed by atoms with Crippen LogP contribution in [0.1, 0.15) is 11.6 Å². The van der Waals surface area contributed by atoms with Gasteiger partial charge >= 0.3 is 0 Å². The molecule has 1 aliphatic heterocycles. The Morgan fingerprint density at radius 2 is 2.08 bits per heavy atom. The molecular formula is C16H18FN7O. The van der Waals surface area contributed by atoms with Crippen LogP contribution in [0.2, 0.25) is 0 Å². The van der Waals surface area contributed by atoms with Crippen molar-refractivity contribution in [2.75, 3.05) is 38.2 Å². The van der Waals surface area contributed by atoms with Gasteiger partial charge in [-0.15, -0.1) is 14.8 Å². The highest BCUT2D eigenvalue weighted by Gasteiger charge is 2.23. The Kier molecular flexibility index (Phi) is 4.49. The fraction of sp³-hybridized carbons (Fsp3) is 0.375. The second kappa shape index (κ2) is 7.08. The van der Waals surface area contributed by atoms with Crippen LogP contribution in [-0.4, -0.2) is 63.0 Å². The molecule has 25 heavy (non-hydrogen) atoms. The van der Waals surface area contributed by atoms with Crippen molar-refractivity contribution in [3.63, 3.8) is 0 Å². The first kappa shape index (κ1) is 15.9. The third-order valence-electron chi connectivity index (χ3n) is 4.27. The van der Waals surface area contributed by atoms with E-state index in [1.807, 2.05) is 12.1 Å². The largest absolute Gasteiger partial charge is 0.379 e. The fourth-order valence-electron chi connectivity index (χ4n) is 3.01. The molecule has 1 N–H and O–H groups in total. The number of anilines is 1. The lowest BCUT2D eigenvalue weighted by Crippen LogP contribution is -2.41. The SMILES string of the molecule is Fc1cccc([C@H](CNc2ccc3nnnn3n2)N2CCOCC2)c1. The smallest absolute Gasteiger partial charge is 0.200 e. The predicted molar refractivity (Wildman–Crippen MR) is 88.6 cm³/mol. The van der Waals surface area contributed by atoms with E-state index in [2.05, 4.69) is 30.8 Å². The van der Waals surface area contributed by atoms with E-state index in [0.717, 1.165) is 18.7 Å². The van der Waals surface area contributed by atoms with Crippen molar-refractivity contribution < 1.29 is 9.13 Å². The number of ether oxygens (including phenoxy) is 1. The van der Waals surface area contributed by atoms with Gasteiger partial charge in [0.15, 0.2) is 5.65 Å². The van der Waals surface area contributed by atoms with Crippen LogP contribution in [0.5, 0.6) is 0 Å². The second-order valence-electron chi connectivity index (χ2n) is 5.85. The summed E-state index contributed by atoms with van der Waals surface area (Å²) in [5.41, 5.74) is 1.51. The van der Waals surface area contributed by atoms with Crippen molar-refractivity contribution in [2.45, 2.75) is 6.04 Å². The van der Waals surface area contributed by atoms with Gasteiger partial charge in [0.2, 0.25) is 0 Å². The first-order chi connectivity index (χ1) is 12.3. The highest BCUT2D eigenvalue weighted by Crippen LogP contribution is 2.23. The molecule has 1 fully saturated rings. The van der Waals surface area contributed by atoms with Crippen LogP contribution in [0.4, 0.5) is 10.2 Å². The molecule has 0 unspecified atom stereocenters. The van der Waals surface area contributed by atoms with Gasteiger partial charge in [-0.1, -0.05) is 12.1 Å². The number of fused-ring (bicyclic) bond motifs is 1. The van der Waals surface area contributed by atoms with Gasteiger partial charge in [0, 0.05) is 19.6 Å². The summed E-state index contributed by atoms with van der Waals surface area (Å²) in [7, 11) is 0. The van der Waals surface area contributed by atoms with Gasteiger partial charge in [0.05, 0.1) is 19.3 Å². The summed E-state index contributed by atoms with van der Waals surface area (Å²) in [5.74, 6) is 0.429. The molecule has 4 rings (SSSR count). The molecule has 0 aliphatic carbocycles. The van der Waals surface area contributed by atoms with E-state index in [1.165, 1.54) is 10.7 Å². The number of tetrazole rings is 1. The molecule has 3 aromatic rings. The Morgan fingerprint density at radius 3 is 2.92 bits per heavy atom. The van der Waals surface area contributed by atoms with Gasteiger partial charge in [-0.2, -0.15) is 0 Å². The molecule has 0 spiro atoms. The van der Waals surface area contributed by atoms with Gasteiger partial charge in [0.1, 0.15) is 11.6 Å². The standard InChI is InChI=1S/C16H18FN7O/c17-13-3-1-2-12(10-13)14(23-6-8-25-9-7-23)11-18-15-4-5-16-19-21-22-24(16)20-15/h1-5,10,14H,6-9,11H2,(H,18,20)/t14-/m0/s1. The summed E-state index contributed by atoms with van der Waals surface area (Å²) < 4.78 is 20.5. The maximum atomic E-state index is 13.7. The monoisotopic (exact) mass is 343 g/mol. The summed E-state index contributed by atoms with van der Waals surface area (Å²) >= 11 is 0. The average molecular weight is 343 g/mol. The van der Waals surface area contributed by atoms with Crippen LogP contribution < -0.4 is 5.32 Å². The molecule has 2 aromatic heterocycles. The van der Waals surface area contributed by atoms with Crippen molar-refractivity contribution in [1.82, 2.24) is 30.2 Å². The number of hydrogen-bond donors (Lipinski definition) is 1. The molecule has 0 bridgehead atoms. The van der Waals surface area contributed by atoms with Crippen molar-refractivity contribution in [3.05, 3.63) is 47.8 Å². The number of aromatic nitrogens is 5.